The van der Waals surface area contributed by atoms with Crippen LogP contribution in [0.25, 0.3) is 0 Å². The third-order valence-electron chi connectivity index (χ3n) is 2.58. The number of hydrogen-bond acceptors (Lipinski definition) is 2. The fourth-order valence-electron chi connectivity index (χ4n) is 1.73. The maximum atomic E-state index is 12.1. The number of halogens is 3. The van der Waals surface area contributed by atoms with E-state index in [9.17, 15) is 4.79 Å². The summed E-state index contributed by atoms with van der Waals surface area (Å²) in [6, 6.07) is 10.7. The van der Waals surface area contributed by atoms with Crippen molar-refractivity contribution in [1.82, 2.24) is 0 Å². The SMILES string of the molecule is Nc1cc(Br)c(NC(=O)Cc2cccc(Cl)c2)c(Br)c1. The summed E-state index contributed by atoms with van der Waals surface area (Å²) in [4.78, 5) is 12.1. The highest BCUT2D eigenvalue weighted by molar-refractivity contribution is 9.11. The molecule has 0 radical (unpaired) electrons. The second-order valence-corrected chi connectivity index (χ2v) is 6.36. The lowest BCUT2D eigenvalue weighted by Crippen LogP contribution is -2.15. The van der Waals surface area contributed by atoms with Crippen LogP contribution in [0.15, 0.2) is 45.3 Å². The van der Waals surface area contributed by atoms with Crippen molar-refractivity contribution in [2.24, 2.45) is 0 Å². The lowest BCUT2D eigenvalue weighted by atomic mass is 10.1. The van der Waals surface area contributed by atoms with Crippen LogP contribution < -0.4 is 11.1 Å². The molecule has 104 valence electrons. The van der Waals surface area contributed by atoms with E-state index in [1.165, 1.54) is 0 Å². The number of amides is 1. The molecular weight excluding hydrogens is 407 g/mol. The molecule has 3 nitrogen and oxygen atoms in total. The van der Waals surface area contributed by atoms with Crippen LogP contribution in [0.1, 0.15) is 5.56 Å². The second kappa shape index (κ2) is 6.61. The van der Waals surface area contributed by atoms with Gasteiger partial charge in [-0.25, -0.2) is 0 Å². The predicted molar refractivity (Wildman–Crippen MR) is 90.0 cm³/mol. The Bertz CT molecular complexity index is 638. The predicted octanol–water partition coefficient (Wildman–Crippen LogP) is 4.63. The molecule has 0 atom stereocenters. The molecule has 0 saturated heterocycles. The number of nitrogens with two attached hydrogens (primary N) is 1. The maximum Gasteiger partial charge on any atom is 0.228 e. The standard InChI is InChI=1S/C14H11Br2ClN2O/c15-11-6-10(18)7-12(16)14(11)19-13(20)5-8-2-1-3-9(17)4-8/h1-4,6-7H,5,18H2,(H,19,20). The van der Waals surface area contributed by atoms with Gasteiger partial charge in [0, 0.05) is 19.7 Å². The van der Waals surface area contributed by atoms with Crippen LogP contribution in [0.4, 0.5) is 11.4 Å². The van der Waals surface area contributed by atoms with E-state index >= 15 is 0 Å². The molecule has 0 spiro atoms. The number of carbonyl (C=O) groups is 1. The molecule has 0 fully saturated rings. The summed E-state index contributed by atoms with van der Waals surface area (Å²) in [5.74, 6) is -0.126. The minimum atomic E-state index is -0.126. The minimum absolute atomic E-state index is 0.126. The minimum Gasteiger partial charge on any atom is -0.399 e. The van der Waals surface area contributed by atoms with Crippen molar-refractivity contribution in [1.29, 1.82) is 0 Å². The normalized spacial score (nSPS) is 10.3. The van der Waals surface area contributed by atoms with Crippen LogP contribution in [0.3, 0.4) is 0 Å². The molecule has 1 amide bonds. The van der Waals surface area contributed by atoms with Crippen LogP contribution in [0.5, 0.6) is 0 Å². The summed E-state index contributed by atoms with van der Waals surface area (Å²) < 4.78 is 1.45. The lowest BCUT2D eigenvalue weighted by Gasteiger charge is -2.11. The van der Waals surface area contributed by atoms with Gasteiger partial charge in [-0.2, -0.15) is 0 Å². The molecule has 20 heavy (non-hydrogen) atoms. The molecule has 2 rings (SSSR count). The smallest absolute Gasteiger partial charge is 0.228 e. The molecule has 6 heteroatoms. The Hall–Kier alpha value is -1.04. The topological polar surface area (TPSA) is 55.1 Å². The van der Waals surface area contributed by atoms with Gasteiger partial charge in [-0.3, -0.25) is 4.79 Å². The highest BCUT2D eigenvalue weighted by Crippen LogP contribution is 2.33. The van der Waals surface area contributed by atoms with Gasteiger partial charge in [0.15, 0.2) is 0 Å². The molecule has 0 bridgehead atoms. The first-order valence-corrected chi connectivity index (χ1v) is 7.71. The summed E-state index contributed by atoms with van der Waals surface area (Å²) in [5, 5.41) is 3.46. The van der Waals surface area contributed by atoms with E-state index in [0.29, 0.717) is 16.4 Å². The number of nitrogen functional groups attached to an aromatic ring is 1. The van der Waals surface area contributed by atoms with Crippen LogP contribution in [0.2, 0.25) is 5.02 Å². The van der Waals surface area contributed by atoms with Crippen LogP contribution in [-0.2, 0) is 11.2 Å². The van der Waals surface area contributed by atoms with E-state index in [1.54, 1.807) is 24.3 Å². The van der Waals surface area contributed by atoms with E-state index in [1.807, 2.05) is 12.1 Å². The molecule has 0 aliphatic heterocycles. The Morgan fingerprint density at radius 3 is 2.45 bits per heavy atom. The molecule has 0 aliphatic rings. The zero-order valence-corrected chi connectivity index (χ0v) is 14.2. The van der Waals surface area contributed by atoms with Crippen molar-refractivity contribution in [3.63, 3.8) is 0 Å². The van der Waals surface area contributed by atoms with Gasteiger partial charge in [-0.15, -0.1) is 0 Å². The second-order valence-electron chi connectivity index (χ2n) is 4.21. The number of benzene rings is 2. The Kier molecular flexibility index (Phi) is 5.07. The van der Waals surface area contributed by atoms with Crippen LogP contribution in [-0.4, -0.2) is 5.91 Å². The highest BCUT2D eigenvalue weighted by Gasteiger charge is 2.11. The first-order valence-electron chi connectivity index (χ1n) is 5.74. The van der Waals surface area contributed by atoms with E-state index < -0.39 is 0 Å². The van der Waals surface area contributed by atoms with Crippen molar-refractivity contribution >= 4 is 60.7 Å². The molecular formula is C14H11Br2ClN2O. The van der Waals surface area contributed by atoms with Crippen molar-refractivity contribution in [2.75, 3.05) is 11.1 Å². The zero-order chi connectivity index (χ0) is 14.7. The van der Waals surface area contributed by atoms with Gasteiger partial charge < -0.3 is 11.1 Å². The van der Waals surface area contributed by atoms with Crippen molar-refractivity contribution in [3.05, 3.63) is 55.9 Å². The number of nitrogens with one attached hydrogen (secondary N) is 1. The summed E-state index contributed by atoms with van der Waals surface area (Å²) in [7, 11) is 0. The molecule has 0 aromatic heterocycles. The number of rotatable bonds is 3. The van der Waals surface area contributed by atoms with Gasteiger partial charge in [0.2, 0.25) is 5.91 Å². The van der Waals surface area contributed by atoms with Gasteiger partial charge in [0.1, 0.15) is 0 Å². The molecule has 0 saturated carbocycles. The summed E-state index contributed by atoms with van der Waals surface area (Å²) >= 11 is 12.7. The van der Waals surface area contributed by atoms with Gasteiger partial charge in [-0.05, 0) is 61.7 Å². The first kappa shape index (κ1) is 15.4. The zero-order valence-electron chi connectivity index (χ0n) is 10.3. The first-order chi connectivity index (χ1) is 9.45. The van der Waals surface area contributed by atoms with Gasteiger partial charge >= 0.3 is 0 Å². The van der Waals surface area contributed by atoms with Gasteiger partial charge in [0.25, 0.3) is 0 Å². The summed E-state index contributed by atoms with van der Waals surface area (Å²) in [6.07, 6.45) is 0.254. The Morgan fingerprint density at radius 1 is 1.20 bits per heavy atom. The van der Waals surface area contributed by atoms with E-state index in [4.69, 9.17) is 17.3 Å². The monoisotopic (exact) mass is 416 g/mol. The molecule has 0 unspecified atom stereocenters. The molecule has 3 N–H and O–H groups in total. The average molecular weight is 419 g/mol. The largest absolute Gasteiger partial charge is 0.399 e. The molecule has 0 heterocycles. The fourth-order valence-corrected chi connectivity index (χ4v) is 3.36. The lowest BCUT2D eigenvalue weighted by molar-refractivity contribution is -0.115. The van der Waals surface area contributed by atoms with Crippen molar-refractivity contribution in [3.8, 4) is 0 Å². The van der Waals surface area contributed by atoms with Gasteiger partial charge in [-0.1, -0.05) is 23.7 Å². The molecule has 2 aromatic rings. The van der Waals surface area contributed by atoms with Crippen molar-refractivity contribution in [2.45, 2.75) is 6.42 Å². The van der Waals surface area contributed by atoms with Gasteiger partial charge in [0.05, 0.1) is 12.1 Å². The van der Waals surface area contributed by atoms with Crippen LogP contribution >= 0.6 is 43.5 Å². The average Bonchev–Trinajstić information content (AvgIpc) is 2.33. The summed E-state index contributed by atoms with van der Waals surface area (Å²) in [5.41, 5.74) is 7.84. The third kappa shape index (κ3) is 3.98. The number of carbonyl (C=O) groups excluding carboxylic acids is 1. The molecule has 2 aromatic carbocycles. The Morgan fingerprint density at radius 2 is 1.85 bits per heavy atom. The summed E-state index contributed by atoms with van der Waals surface area (Å²) in [6.45, 7) is 0. The van der Waals surface area contributed by atoms with E-state index in [0.717, 1.165) is 14.5 Å². The Labute approximate surface area is 138 Å². The number of anilines is 2. The van der Waals surface area contributed by atoms with E-state index in [-0.39, 0.29) is 12.3 Å². The quantitative estimate of drug-likeness (QED) is 0.714. The maximum absolute atomic E-state index is 12.1. The van der Waals surface area contributed by atoms with E-state index in [2.05, 4.69) is 37.2 Å². The third-order valence-corrected chi connectivity index (χ3v) is 4.07. The Balaban J connectivity index is 2.13. The van der Waals surface area contributed by atoms with Crippen molar-refractivity contribution < 1.29 is 4.79 Å². The molecule has 0 aliphatic carbocycles. The van der Waals surface area contributed by atoms with Crippen LogP contribution in [0, 0.1) is 0 Å². The highest BCUT2D eigenvalue weighted by atomic mass is 79.9. The number of hydrogen-bond donors (Lipinski definition) is 2. The fraction of sp³-hybridized carbons (Fsp3) is 0.0714.